The van der Waals surface area contributed by atoms with Crippen molar-refractivity contribution in [1.29, 1.82) is 0 Å². The van der Waals surface area contributed by atoms with Crippen LogP contribution < -0.4 is 11.1 Å². The first-order valence-electron chi connectivity index (χ1n) is 8.23. The fourth-order valence-electron chi connectivity index (χ4n) is 2.88. The molecule has 0 unspecified atom stereocenters. The first-order chi connectivity index (χ1) is 10.5. The average molecular weight is 414 g/mol. The Hall–Kier alpha value is -0.590. The van der Waals surface area contributed by atoms with E-state index in [1.807, 2.05) is 18.3 Å². The van der Waals surface area contributed by atoms with Gasteiger partial charge in [-0.05, 0) is 37.3 Å². The lowest BCUT2D eigenvalue weighted by molar-refractivity contribution is -0.123. The SMILES string of the molecule is CC(C)C[C@H](N)C(=O)NC1CCN(Cc2ccccn2)CC1.Cl.Cl.Cl. The summed E-state index contributed by atoms with van der Waals surface area (Å²) in [7, 11) is 0. The second-order valence-corrected chi connectivity index (χ2v) is 6.62. The van der Waals surface area contributed by atoms with E-state index in [-0.39, 0.29) is 55.2 Å². The first-order valence-corrected chi connectivity index (χ1v) is 8.23. The van der Waals surface area contributed by atoms with E-state index in [2.05, 4.69) is 35.1 Å². The zero-order valence-corrected chi connectivity index (χ0v) is 17.3. The van der Waals surface area contributed by atoms with Crippen LogP contribution in [0.4, 0.5) is 0 Å². The number of nitrogens with one attached hydrogen (secondary N) is 1. The number of likely N-dealkylation sites (tertiary alicyclic amines) is 1. The summed E-state index contributed by atoms with van der Waals surface area (Å²) in [6.07, 6.45) is 4.53. The molecule has 3 N–H and O–H groups in total. The van der Waals surface area contributed by atoms with Gasteiger partial charge in [0.25, 0.3) is 0 Å². The maximum atomic E-state index is 12.1. The number of aromatic nitrogens is 1. The summed E-state index contributed by atoms with van der Waals surface area (Å²) < 4.78 is 0. The van der Waals surface area contributed by atoms with Gasteiger partial charge in [0.05, 0.1) is 11.7 Å². The summed E-state index contributed by atoms with van der Waals surface area (Å²) in [6.45, 7) is 7.03. The lowest BCUT2D eigenvalue weighted by Gasteiger charge is -2.32. The van der Waals surface area contributed by atoms with E-state index in [0.717, 1.165) is 44.6 Å². The van der Waals surface area contributed by atoms with Crippen molar-refractivity contribution in [3.63, 3.8) is 0 Å². The molecule has 5 nitrogen and oxygen atoms in total. The third-order valence-electron chi connectivity index (χ3n) is 4.11. The summed E-state index contributed by atoms with van der Waals surface area (Å²) in [5, 5.41) is 3.10. The number of rotatable bonds is 6. The molecule has 0 aromatic carbocycles. The number of halogens is 3. The highest BCUT2D eigenvalue weighted by molar-refractivity contribution is 5.86. The smallest absolute Gasteiger partial charge is 0.237 e. The van der Waals surface area contributed by atoms with Gasteiger partial charge in [0.1, 0.15) is 0 Å². The molecular weight excluding hydrogens is 383 g/mol. The van der Waals surface area contributed by atoms with Gasteiger partial charge in [-0.1, -0.05) is 19.9 Å². The molecule has 2 rings (SSSR count). The Morgan fingerprint density at radius 3 is 2.44 bits per heavy atom. The van der Waals surface area contributed by atoms with Crippen molar-refractivity contribution in [1.82, 2.24) is 15.2 Å². The number of nitrogens with zero attached hydrogens (tertiary/aromatic N) is 2. The zero-order valence-electron chi connectivity index (χ0n) is 14.9. The molecule has 1 aliphatic rings. The van der Waals surface area contributed by atoms with Crippen molar-refractivity contribution < 1.29 is 4.79 Å². The van der Waals surface area contributed by atoms with Crippen molar-refractivity contribution in [2.24, 2.45) is 11.7 Å². The molecular formula is C17H31Cl3N4O. The molecule has 25 heavy (non-hydrogen) atoms. The van der Waals surface area contributed by atoms with Crippen LogP contribution in [-0.2, 0) is 11.3 Å². The van der Waals surface area contributed by atoms with Crippen molar-refractivity contribution in [3.8, 4) is 0 Å². The number of carbonyl (C=O) groups excluding carboxylic acids is 1. The third-order valence-corrected chi connectivity index (χ3v) is 4.11. The molecule has 1 aromatic rings. The molecule has 0 bridgehead atoms. The molecule has 1 saturated heterocycles. The van der Waals surface area contributed by atoms with E-state index in [0.29, 0.717) is 5.92 Å². The summed E-state index contributed by atoms with van der Waals surface area (Å²) >= 11 is 0. The number of amides is 1. The topological polar surface area (TPSA) is 71.2 Å². The zero-order chi connectivity index (χ0) is 15.9. The van der Waals surface area contributed by atoms with Crippen molar-refractivity contribution >= 4 is 43.1 Å². The fourth-order valence-corrected chi connectivity index (χ4v) is 2.88. The number of hydrogen-bond donors (Lipinski definition) is 2. The molecule has 1 amide bonds. The van der Waals surface area contributed by atoms with Crippen LogP contribution in [0, 0.1) is 5.92 Å². The molecule has 146 valence electrons. The average Bonchev–Trinajstić information content (AvgIpc) is 2.49. The van der Waals surface area contributed by atoms with Crippen LogP contribution >= 0.6 is 37.2 Å². The van der Waals surface area contributed by atoms with Gasteiger partial charge >= 0.3 is 0 Å². The maximum absolute atomic E-state index is 12.1. The highest BCUT2D eigenvalue weighted by atomic mass is 35.5. The number of carbonyl (C=O) groups is 1. The largest absolute Gasteiger partial charge is 0.352 e. The van der Waals surface area contributed by atoms with E-state index < -0.39 is 0 Å². The minimum atomic E-state index is -0.383. The second-order valence-electron chi connectivity index (χ2n) is 6.62. The van der Waals surface area contributed by atoms with Crippen LogP contribution in [0.2, 0.25) is 0 Å². The predicted molar refractivity (Wildman–Crippen MR) is 110 cm³/mol. The molecule has 0 radical (unpaired) electrons. The molecule has 1 atom stereocenters. The Balaban J connectivity index is 0. The molecule has 1 aromatic heterocycles. The Morgan fingerprint density at radius 1 is 1.28 bits per heavy atom. The van der Waals surface area contributed by atoms with Crippen molar-refractivity contribution in [2.75, 3.05) is 13.1 Å². The van der Waals surface area contributed by atoms with Crippen LogP contribution in [0.3, 0.4) is 0 Å². The van der Waals surface area contributed by atoms with Crippen LogP contribution in [0.5, 0.6) is 0 Å². The van der Waals surface area contributed by atoms with Gasteiger partial charge in [-0.15, -0.1) is 37.2 Å². The van der Waals surface area contributed by atoms with E-state index in [9.17, 15) is 4.79 Å². The quantitative estimate of drug-likeness (QED) is 0.752. The molecule has 1 fully saturated rings. The molecule has 0 saturated carbocycles. The van der Waals surface area contributed by atoms with Crippen LogP contribution in [0.15, 0.2) is 24.4 Å². The standard InChI is InChI=1S/C17H28N4O.3ClH/c1-13(2)11-16(18)17(22)20-14-6-9-21(10-7-14)12-15-5-3-4-8-19-15;;;/h3-5,8,13-14,16H,6-7,9-12,18H2,1-2H3,(H,20,22);3*1H/t16-;;;/m0.../s1. The highest BCUT2D eigenvalue weighted by Crippen LogP contribution is 2.13. The lowest BCUT2D eigenvalue weighted by Crippen LogP contribution is -2.49. The predicted octanol–water partition coefficient (Wildman–Crippen LogP) is 2.80. The van der Waals surface area contributed by atoms with Gasteiger partial charge in [-0.25, -0.2) is 0 Å². The fraction of sp³-hybridized carbons (Fsp3) is 0.647. The van der Waals surface area contributed by atoms with Crippen LogP contribution in [-0.4, -0.2) is 41.0 Å². The van der Waals surface area contributed by atoms with Gasteiger partial charge < -0.3 is 11.1 Å². The molecule has 2 heterocycles. The van der Waals surface area contributed by atoms with E-state index in [1.54, 1.807) is 0 Å². The lowest BCUT2D eigenvalue weighted by atomic mass is 10.0. The monoisotopic (exact) mass is 412 g/mol. The Labute approximate surface area is 169 Å². The summed E-state index contributed by atoms with van der Waals surface area (Å²) in [5.41, 5.74) is 7.03. The Morgan fingerprint density at radius 2 is 1.92 bits per heavy atom. The number of hydrogen-bond acceptors (Lipinski definition) is 4. The Kier molecular flexibility index (Phi) is 14.5. The molecule has 8 heteroatoms. The normalized spacial score (nSPS) is 16.2. The number of nitrogens with two attached hydrogens (primary N) is 1. The summed E-state index contributed by atoms with van der Waals surface area (Å²) in [6, 6.07) is 5.88. The second kappa shape index (κ2) is 13.6. The van der Waals surface area contributed by atoms with Crippen LogP contribution in [0.1, 0.15) is 38.8 Å². The molecule has 0 aliphatic carbocycles. The van der Waals surface area contributed by atoms with Crippen LogP contribution in [0.25, 0.3) is 0 Å². The molecule has 1 aliphatic heterocycles. The first kappa shape index (κ1) is 26.6. The van der Waals surface area contributed by atoms with Gasteiger partial charge in [-0.2, -0.15) is 0 Å². The van der Waals surface area contributed by atoms with Crippen molar-refractivity contribution in [2.45, 2.75) is 51.7 Å². The Bertz CT molecular complexity index is 468. The van der Waals surface area contributed by atoms with Gasteiger partial charge in [0.2, 0.25) is 5.91 Å². The van der Waals surface area contributed by atoms with Crippen molar-refractivity contribution in [3.05, 3.63) is 30.1 Å². The highest BCUT2D eigenvalue weighted by Gasteiger charge is 2.23. The van der Waals surface area contributed by atoms with Gasteiger partial charge in [-0.3, -0.25) is 14.7 Å². The van der Waals surface area contributed by atoms with E-state index in [1.165, 1.54) is 0 Å². The number of pyridine rings is 1. The van der Waals surface area contributed by atoms with E-state index in [4.69, 9.17) is 5.73 Å². The minimum Gasteiger partial charge on any atom is -0.352 e. The molecule has 0 spiro atoms. The van der Waals surface area contributed by atoms with Gasteiger partial charge in [0, 0.05) is 31.9 Å². The summed E-state index contributed by atoms with van der Waals surface area (Å²) in [4.78, 5) is 18.8. The van der Waals surface area contributed by atoms with E-state index >= 15 is 0 Å². The maximum Gasteiger partial charge on any atom is 0.237 e. The number of piperidine rings is 1. The van der Waals surface area contributed by atoms with Gasteiger partial charge in [0.15, 0.2) is 0 Å². The third kappa shape index (κ3) is 9.61. The summed E-state index contributed by atoms with van der Waals surface area (Å²) in [5.74, 6) is 0.442. The minimum absolute atomic E-state index is 0.